The van der Waals surface area contributed by atoms with E-state index < -0.39 is 12.1 Å². The van der Waals surface area contributed by atoms with E-state index in [1.54, 1.807) is 32.0 Å². The first kappa shape index (κ1) is 14.0. The molecule has 1 aromatic carbocycles. The summed E-state index contributed by atoms with van der Waals surface area (Å²) in [6.07, 6.45) is -0.823. The molecule has 0 aliphatic heterocycles. The summed E-state index contributed by atoms with van der Waals surface area (Å²) in [4.78, 5) is 23.1. The van der Waals surface area contributed by atoms with Gasteiger partial charge in [0.25, 0.3) is 0 Å². The van der Waals surface area contributed by atoms with Gasteiger partial charge < -0.3 is 9.47 Å². The first-order valence-electron chi connectivity index (χ1n) is 5.60. The Bertz CT molecular complexity index is 454. The van der Waals surface area contributed by atoms with Gasteiger partial charge in [-0.25, -0.2) is 9.59 Å². The summed E-state index contributed by atoms with van der Waals surface area (Å²) in [6, 6.07) is 5.08. The van der Waals surface area contributed by atoms with Crippen molar-refractivity contribution in [3.8, 4) is 0 Å². The van der Waals surface area contributed by atoms with Crippen LogP contribution in [0.4, 0.5) is 10.5 Å². The Hall–Kier alpha value is -2.04. The van der Waals surface area contributed by atoms with Crippen LogP contribution >= 0.6 is 0 Å². The quantitative estimate of drug-likeness (QED) is 0.839. The molecule has 0 saturated carbocycles. The van der Waals surface area contributed by atoms with Crippen LogP contribution in [0, 0.1) is 6.92 Å². The molecule has 1 N–H and O–H groups in total. The fourth-order valence-corrected chi connectivity index (χ4v) is 1.40. The van der Waals surface area contributed by atoms with Crippen LogP contribution in [0.15, 0.2) is 18.2 Å². The minimum Gasteiger partial charge on any atom is -0.465 e. The second-order valence-electron chi connectivity index (χ2n) is 4.12. The maximum Gasteiger partial charge on any atom is 0.411 e. The standard InChI is InChI=1S/C13H17NO4/c1-8(2)18-13(16)14-11-6-5-9(3)7-10(11)12(15)17-4/h5-8H,1-4H3,(H,14,16). The van der Waals surface area contributed by atoms with E-state index >= 15 is 0 Å². The molecular formula is C13H17NO4. The number of ether oxygens (including phenoxy) is 2. The Kier molecular flexibility index (Phi) is 4.71. The predicted molar refractivity (Wildman–Crippen MR) is 67.8 cm³/mol. The van der Waals surface area contributed by atoms with Gasteiger partial charge in [-0.3, -0.25) is 5.32 Å². The number of nitrogens with one attached hydrogen (secondary N) is 1. The van der Waals surface area contributed by atoms with Crippen LogP contribution in [0.5, 0.6) is 0 Å². The number of carbonyl (C=O) groups excluding carboxylic acids is 2. The third-order valence-corrected chi connectivity index (χ3v) is 2.16. The molecule has 1 aromatic rings. The molecule has 1 amide bonds. The summed E-state index contributed by atoms with van der Waals surface area (Å²) < 4.78 is 9.61. The number of rotatable bonds is 3. The second-order valence-corrected chi connectivity index (χ2v) is 4.12. The number of anilines is 1. The van der Waals surface area contributed by atoms with Crippen LogP contribution in [-0.4, -0.2) is 25.3 Å². The summed E-state index contributed by atoms with van der Waals surface area (Å²) in [7, 11) is 1.29. The van der Waals surface area contributed by atoms with Gasteiger partial charge in [0.1, 0.15) is 0 Å². The van der Waals surface area contributed by atoms with E-state index in [1.807, 2.05) is 6.92 Å². The number of hydrogen-bond acceptors (Lipinski definition) is 4. The highest BCUT2D eigenvalue weighted by atomic mass is 16.6. The summed E-state index contributed by atoms with van der Waals surface area (Å²) in [5, 5.41) is 2.52. The van der Waals surface area contributed by atoms with Crippen molar-refractivity contribution in [1.29, 1.82) is 0 Å². The first-order chi connectivity index (χ1) is 8.43. The molecule has 0 aromatic heterocycles. The monoisotopic (exact) mass is 251 g/mol. The number of benzene rings is 1. The van der Waals surface area contributed by atoms with E-state index in [-0.39, 0.29) is 6.10 Å². The highest BCUT2D eigenvalue weighted by Crippen LogP contribution is 2.18. The molecule has 0 fully saturated rings. The predicted octanol–water partition coefficient (Wildman–Crippen LogP) is 2.74. The average Bonchev–Trinajstić information content (AvgIpc) is 2.29. The fourth-order valence-electron chi connectivity index (χ4n) is 1.40. The summed E-state index contributed by atoms with van der Waals surface area (Å²) in [5.74, 6) is -0.501. The third-order valence-electron chi connectivity index (χ3n) is 2.16. The Morgan fingerprint density at radius 2 is 1.94 bits per heavy atom. The Labute approximate surface area is 106 Å². The lowest BCUT2D eigenvalue weighted by Crippen LogP contribution is -2.19. The van der Waals surface area contributed by atoms with E-state index in [0.29, 0.717) is 11.3 Å². The minimum absolute atomic E-state index is 0.225. The second kappa shape index (κ2) is 6.05. The van der Waals surface area contributed by atoms with Crippen LogP contribution in [-0.2, 0) is 9.47 Å². The maximum absolute atomic E-state index is 11.6. The molecule has 0 unspecified atom stereocenters. The van der Waals surface area contributed by atoms with Crippen molar-refractivity contribution in [2.45, 2.75) is 26.9 Å². The van der Waals surface area contributed by atoms with Gasteiger partial charge in [-0.05, 0) is 32.9 Å². The van der Waals surface area contributed by atoms with E-state index in [1.165, 1.54) is 7.11 Å². The number of hydrogen-bond donors (Lipinski definition) is 1. The smallest absolute Gasteiger partial charge is 0.411 e. The van der Waals surface area contributed by atoms with Crippen molar-refractivity contribution in [2.24, 2.45) is 0 Å². The van der Waals surface area contributed by atoms with E-state index in [2.05, 4.69) is 10.1 Å². The van der Waals surface area contributed by atoms with Gasteiger partial charge in [-0.2, -0.15) is 0 Å². The summed E-state index contributed by atoms with van der Waals surface area (Å²) in [5.41, 5.74) is 1.58. The number of amides is 1. The third kappa shape index (κ3) is 3.76. The molecular weight excluding hydrogens is 234 g/mol. The van der Waals surface area contributed by atoms with E-state index in [0.717, 1.165) is 5.56 Å². The average molecular weight is 251 g/mol. The van der Waals surface area contributed by atoms with Crippen molar-refractivity contribution in [3.63, 3.8) is 0 Å². The van der Waals surface area contributed by atoms with Gasteiger partial charge in [-0.1, -0.05) is 11.6 Å². The lowest BCUT2D eigenvalue weighted by molar-refractivity contribution is 0.0602. The molecule has 98 valence electrons. The SMILES string of the molecule is COC(=O)c1cc(C)ccc1NC(=O)OC(C)C. The van der Waals surface area contributed by atoms with Crippen molar-refractivity contribution in [3.05, 3.63) is 29.3 Å². The number of aryl methyl sites for hydroxylation is 1. The molecule has 18 heavy (non-hydrogen) atoms. The van der Waals surface area contributed by atoms with Crippen molar-refractivity contribution < 1.29 is 19.1 Å². The number of carbonyl (C=O) groups is 2. The molecule has 0 bridgehead atoms. The van der Waals surface area contributed by atoms with Gasteiger partial charge >= 0.3 is 12.1 Å². The molecule has 0 aliphatic rings. The molecule has 5 heteroatoms. The number of methoxy groups -OCH3 is 1. The molecule has 0 saturated heterocycles. The van der Waals surface area contributed by atoms with Gasteiger partial charge in [0, 0.05) is 0 Å². The molecule has 1 rings (SSSR count). The number of esters is 1. The normalized spacial score (nSPS) is 10.1. The molecule has 0 heterocycles. The van der Waals surface area contributed by atoms with Crippen LogP contribution < -0.4 is 5.32 Å². The Balaban J connectivity index is 2.94. The zero-order valence-electron chi connectivity index (χ0n) is 10.9. The fraction of sp³-hybridized carbons (Fsp3) is 0.385. The lowest BCUT2D eigenvalue weighted by atomic mass is 10.1. The molecule has 0 aliphatic carbocycles. The van der Waals surface area contributed by atoms with Gasteiger partial charge in [-0.15, -0.1) is 0 Å². The first-order valence-corrected chi connectivity index (χ1v) is 5.60. The van der Waals surface area contributed by atoms with Gasteiger partial charge in [0.05, 0.1) is 24.5 Å². The lowest BCUT2D eigenvalue weighted by Gasteiger charge is -2.12. The summed E-state index contributed by atoms with van der Waals surface area (Å²) >= 11 is 0. The Morgan fingerprint density at radius 3 is 2.50 bits per heavy atom. The zero-order chi connectivity index (χ0) is 13.7. The van der Waals surface area contributed by atoms with Gasteiger partial charge in [0.2, 0.25) is 0 Å². The summed E-state index contributed by atoms with van der Waals surface area (Å²) in [6.45, 7) is 5.34. The zero-order valence-corrected chi connectivity index (χ0v) is 10.9. The highest BCUT2D eigenvalue weighted by Gasteiger charge is 2.15. The highest BCUT2D eigenvalue weighted by molar-refractivity contribution is 5.99. The van der Waals surface area contributed by atoms with Crippen LogP contribution in [0.1, 0.15) is 29.8 Å². The maximum atomic E-state index is 11.6. The van der Waals surface area contributed by atoms with Crippen LogP contribution in [0.2, 0.25) is 0 Å². The van der Waals surface area contributed by atoms with Crippen molar-refractivity contribution in [1.82, 2.24) is 0 Å². The molecule has 0 atom stereocenters. The van der Waals surface area contributed by atoms with Crippen molar-refractivity contribution >= 4 is 17.7 Å². The van der Waals surface area contributed by atoms with Crippen LogP contribution in [0.3, 0.4) is 0 Å². The van der Waals surface area contributed by atoms with Crippen molar-refractivity contribution in [2.75, 3.05) is 12.4 Å². The van der Waals surface area contributed by atoms with E-state index in [9.17, 15) is 9.59 Å². The largest absolute Gasteiger partial charge is 0.465 e. The Morgan fingerprint density at radius 1 is 1.28 bits per heavy atom. The minimum atomic E-state index is -0.598. The topological polar surface area (TPSA) is 64.6 Å². The van der Waals surface area contributed by atoms with E-state index in [4.69, 9.17) is 4.74 Å². The van der Waals surface area contributed by atoms with Gasteiger partial charge in [0.15, 0.2) is 0 Å². The molecule has 5 nitrogen and oxygen atoms in total. The molecule has 0 spiro atoms. The molecule has 0 radical (unpaired) electrons. The van der Waals surface area contributed by atoms with Crippen LogP contribution in [0.25, 0.3) is 0 Å².